The summed E-state index contributed by atoms with van der Waals surface area (Å²) >= 11 is 0. The number of carbonyl (C=O) groups is 1. The van der Waals surface area contributed by atoms with E-state index in [4.69, 9.17) is 0 Å². The number of aromatic nitrogens is 4. The number of anilines is 1. The van der Waals surface area contributed by atoms with Crippen molar-refractivity contribution in [1.29, 1.82) is 0 Å². The van der Waals surface area contributed by atoms with Crippen molar-refractivity contribution in [3.8, 4) is 0 Å². The minimum atomic E-state index is -0.207. The molecule has 0 bridgehead atoms. The maximum Gasteiger partial charge on any atom is 0.258 e. The first-order valence-corrected chi connectivity index (χ1v) is 6.71. The molecule has 6 nitrogen and oxygen atoms in total. The molecule has 2 N–H and O–H groups in total. The van der Waals surface area contributed by atoms with Crippen LogP contribution >= 0.6 is 0 Å². The molecule has 0 fully saturated rings. The second-order valence-corrected chi connectivity index (χ2v) is 5.02. The molecule has 0 aliphatic rings. The minimum Gasteiger partial charge on any atom is -0.305 e. The Kier molecular flexibility index (Phi) is 4.12. The van der Waals surface area contributed by atoms with Crippen LogP contribution in [0.2, 0.25) is 0 Å². The molecule has 0 aromatic carbocycles. The van der Waals surface area contributed by atoms with Crippen LogP contribution in [-0.4, -0.2) is 26.3 Å². The van der Waals surface area contributed by atoms with Crippen LogP contribution in [0.3, 0.4) is 0 Å². The normalized spacial score (nSPS) is 10.8. The first-order valence-electron chi connectivity index (χ1n) is 6.71. The summed E-state index contributed by atoms with van der Waals surface area (Å²) in [6, 6.07) is 3.59. The molecule has 0 atom stereocenters. The Bertz CT molecular complexity index is 618. The van der Waals surface area contributed by atoms with Gasteiger partial charge in [0.15, 0.2) is 5.82 Å². The highest BCUT2D eigenvalue weighted by atomic mass is 16.1. The summed E-state index contributed by atoms with van der Waals surface area (Å²) in [4.78, 5) is 12.3. The Morgan fingerprint density at radius 1 is 1.35 bits per heavy atom. The summed E-state index contributed by atoms with van der Waals surface area (Å²) in [6.07, 6.45) is 0.661. The monoisotopic (exact) mass is 273 g/mol. The molecule has 0 aliphatic carbocycles. The van der Waals surface area contributed by atoms with Gasteiger partial charge in [0.05, 0.1) is 17.0 Å². The van der Waals surface area contributed by atoms with Gasteiger partial charge in [-0.05, 0) is 25.3 Å². The van der Waals surface area contributed by atoms with Crippen LogP contribution in [0, 0.1) is 6.92 Å². The zero-order chi connectivity index (χ0) is 14.7. The number of rotatable bonds is 4. The Morgan fingerprint density at radius 2 is 2.10 bits per heavy atom. The number of carbonyl (C=O) groups excluding carboxylic acids is 1. The SMILES string of the molecule is CCc1nnc(C)cc1C(=O)Nc1cc(C(C)C)[nH]n1. The number of hydrogen-bond acceptors (Lipinski definition) is 4. The van der Waals surface area contributed by atoms with Gasteiger partial charge in [-0.1, -0.05) is 20.8 Å². The summed E-state index contributed by atoms with van der Waals surface area (Å²) in [5.74, 6) is 0.654. The van der Waals surface area contributed by atoms with Crippen molar-refractivity contribution in [2.45, 2.75) is 40.0 Å². The number of hydrogen-bond donors (Lipinski definition) is 2. The van der Waals surface area contributed by atoms with Gasteiger partial charge in [-0.15, -0.1) is 0 Å². The Labute approximate surface area is 118 Å². The fraction of sp³-hybridized carbons (Fsp3) is 0.429. The quantitative estimate of drug-likeness (QED) is 0.896. The number of H-pyrrole nitrogens is 1. The van der Waals surface area contributed by atoms with Gasteiger partial charge in [-0.25, -0.2) is 0 Å². The van der Waals surface area contributed by atoms with Gasteiger partial charge in [-0.3, -0.25) is 9.89 Å². The van der Waals surface area contributed by atoms with E-state index in [1.807, 2.05) is 19.9 Å². The third-order valence-electron chi connectivity index (χ3n) is 3.03. The summed E-state index contributed by atoms with van der Waals surface area (Å²) in [5, 5.41) is 17.8. The molecule has 1 amide bonds. The number of aryl methyl sites for hydroxylation is 2. The average Bonchev–Trinajstić information content (AvgIpc) is 2.87. The molecule has 0 spiro atoms. The third-order valence-corrected chi connectivity index (χ3v) is 3.03. The fourth-order valence-corrected chi connectivity index (χ4v) is 1.85. The maximum atomic E-state index is 12.3. The molecule has 0 unspecified atom stereocenters. The van der Waals surface area contributed by atoms with E-state index in [0.717, 1.165) is 11.4 Å². The molecule has 2 aromatic heterocycles. The number of amides is 1. The number of aromatic amines is 1. The molecule has 6 heteroatoms. The number of nitrogens with one attached hydrogen (secondary N) is 2. The first-order chi connectivity index (χ1) is 9.51. The largest absolute Gasteiger partial charge is 0.305 e. The van der Waals surface area contributed by atoms with Gasteiger partial charge in [0, 0.05) is 11.8 Å². The van der Waals surface area contributed by atoms with Crippen LogP contribution < -0.4 is 5.32 Å². The molecule has 2 rings (SSSR count). The highest BCUT2D eigenvalue weighted by Gasteiger charge is 2.14. The minimum absolute atomic E-state index is 0.207. The van der Waals surface area contributed by atoms with Gasteiger partial charge in [0.1, 0.15) is 0 Å². The molecule has 106 valence electrons. The molecule has 2 aromatic rings. The smallest absolute Gasteiger partial charge is 0.258 e. The maximum absolute atomic E-state index is 12.3. The van der Waals surface area contributed by atoms with Crippen LogP contribution in [0.25, 0.3) is 0 Å². The summed E-state index contributed by atoms with van der Waals surface area (Å²) < 4.78 is 0. The predicted octanol–water partition coefficient (Wildman–Crippen LogP) is 2.45. The molecular formula is C14H19N5O. The Morgan fingerprint density at radius 3 is 2.70 bits per heavy atom. The van der Waals surface area contributed by atoms with Crippen LogP contribution in [0.1, 0.15) is 54.1 Å². The van der Waals surface area contributed by atoms with Gasteiger partial charge < -0.3 is 5.32 Å². The van der Waals surface area contributed by atoms with Crippen LogP contribution in [0.5, 0.6) is 0 Å². The molecule has 0 saturated heterocycles. The van der Waals surface area contributed by atoms with Crippen molar-refractivity contribution < 1.29 is 4.79 Å². The van der Waals surface area contributed by atoms with Crippen molar-refractivity contribution >= 4 is 11.7 Å². The van der Waals surface area contributed by atoms with Crippen LogP contribution in [-0.2, 0) is 6.42 Å². The molecule has 0 saturated carbocycles. The fourth-order valence-electron chi connectivity index (χ4n) is 1.85. The lowest BCUT2D eigenvalue weighted by molar-refractivity contribution is 0.102. The lowest BCUT2D eigenvalue weighted by atomic mass is 10.1. The van der Waals surface area contributed by atoms with Gasteiger partial charge in [0.2, 0.25) is 0 Å². The molecule has 0 aliphatic heterocycles. The van der Waals surface area contributed by atoms with E-state index in [-0.39, 0.29) is 5.91 Å². The highest BCUT2D eigenvalue weighted by molar-refractivity contribution is 6.04. The summed E-state index contributed by atoms with van der Waals surface area (Å²) in [7, 11) is 0. The lowest BCUT2D eigenvalue weighted by Crippen LogP contribution is -2.16. The van der Waals surface area contributed by atoms with E-state index in [0.29, 0.717) is 29.4 Å². The second kappa shape index (κ2) is 5.81. The summed E-state index contributed by atoms with van der Waals surface area (Å²) in [5.41, 5.74) is 2.94. The van der Waals surface area contributed by atoms with Crippen molar-refractivity contribution in [1.82, 2.24) is 20.4 Å². The molecular weight excluding hydrogens is 254 g/mol. The molecule has 20 heavy (non-hydrogen) atoms. The lowest BCUT2D eigenvalue weighted by Gasteiger charge is -2.06. The zero-order valence-corrected chi connectivity index (χ0v) is 12.2. The van der Waals surface area contributed by atoms with E-state index in [9.17, 15) is 4.79 Å². The van der Waals surface area contributed by atoms with E-state index < -0.39 is 0 Å². The highest BCUT2D eigenvalue weighted by Crippen LogP contribution is 2.16. The van der Waals surface area contributed by atoms with Gasteiger partial charge >= 0.3 is 0 Å². The van der Waals surface area contributed by atoms with Crippen molar-refractivity contribution in [3.63, 3.8) is 0 Å². The summed E-state index contributed by atoms with van der Waals surface area (Å²) in [6.45, 7) is 7.88. The average molecular weight is 273 g/mol. The Balaban J connectivity index is 2.21. The molecule has 0 radical (unpaired) electrons. The van der Waals surface area contributed by atoms with E-state index in [1.165, 1.54) is 0 Å². The number of nitrogens with zero attached hydrogens (tertiary/aromatic N) is 3. The van der Waals surface area contributed by atoms with Crippen LogP contribution in [0.4, 0.5) is 5.82 Å². The van der Waals surface area contributed by atoms with Gasteiger partial charge in [-0.2, -0.15) is 15.3 Å². The van der Waals surface area contributed by atoms with E-state index >= 15 is 0 Å². The van der Waals surface area contributed by atoms with Crippen molar-refractivity contribution in [2.24, 2.45) is 0 Å². The second-order valence-electron chi connectivity index (χ2n) is 5.02. The standard InChI is InChI=1S/C14H19N5O/c1-5-11-10(6-9(4)16-17-11)14(20)15-13-7-12(8(2)3)18-19-13/h6-8H,5H2,1-4H3,(H2,15,18,19,20). The van der Waals surface area contributed by atoms with Crippen molar-refractivity contribution in [3.05, 3.63) is 34.8 Å². The van der Waals surface area contributed by atoms with Crippen LogP contribution in [0.15, 0.2) is 12.1 Å². The first kappa shape index (κ1) is 14.2. The van der Waals surface area contributed by atoms with Crippen molar-refractivity contribution in [2.75, 3.05) is 5.32 Å². The third kappa shape index (κ3) is 3.01. The Hall–Kier alpha value is -2.24. The van der Waals surface area contributed by atoms with E-state index in [1.54, 1.807) is 6.07 Å². The zero-order valence-electron chi connectivity index (χ0n) is 12.2. The predicted molar refractivity (Wildman–Crippen MR) is 76.8 cm³/mol. The van der Waals surface area contributed by atoms with E-state index in [2.05, 4.69) is 39.6 Å². The topological polar surface area (TPSA) is 83.6 Å². The molecule has 2 heterocycles. The van der Waals surface area contributed by atoms with Gasteiger partial charge in [0.25, 0.3) is 5.91 Å².